The van der Waals surface area contributed by atoms with Crippen LogP contribution in [0.2, 0.25) is 0 Å². The van der Waals surface area contributed by atoms with Crippen molar-refractivity contribution in [3.8, 4) is 5.75 Å². The Morgan fingerprint density at radius 3 is 2.27 bits per heavy atom. The standard InChI is InChI=1S/C28H43N2O6P/c1-2-3-4-5-6-7-8-9-20-35-27-12-10-11-24(22-27)15-18-28(31)30(19-21-36-37(32,33)34)23-25-13-16-26(29)17-14-25/h10-14,16-17,22H,2-9,15,18-21,23,29H2,1H3,(H2,32,33,34). The van der Waals surface area contributed by atoms with Crippen LogP contribution in [0.3, 0.4) is 0 Å². The molecule has 0 radical (unpaired) electrons. The van der Waals surface area contributed by atoms with E-state index in [4.69, 9.17) is 20.3 Å². The number of phosphoric ester groups is 1. The van der Waals surface area contributed by atoms with Gasteiger partial charge in [-0.15, -0.1) is 0 Å². The number of amides is 1. The number of hydrogen-bond donors (Lipinski definition) is 3. The van der Waals surface area contributed by atoms with Crippen molar-refractivity contribution in [2.24, 2.45) is 0 Å². The number of nitrogens with zero attached hydrogens (tertiary/aromatic N) is 1. The highest BCUT2D eigenvalue weighted by molar-refractivity contribution is 7.46. The maximum absolute atomic E-state index is 13.0. The van der Waals surface area contributed by atoms with E-state index in [2.05, 4.69) is 11.4 Å². The molecule has 0 aliphatic carbocycles. The Labute approximate surface area is 221 Å². The molecule has 37 heavy (non-hydrogen) atoms. The van der Waals surface area contributed by atoms with Crippen LogP contribution in [-0.4, -0.2) is 40.4 Å². The molecule has 0 atom stereocenters. The molecular weight excluding hydrogens is 491 g/mol. The van der Waals surface area contributed by atoms with E-state index in [0.717, 1.165) is 23.3 Å². The highest BCUT2D eigenvalue weighted by Crippen LogP contribution is 2.35. The van der Waals surface area contributed by atoms with Crippen LogP contribution in [0.1, 0.15) is 75.8 Å². The Kier molecular flexibility index (Phi) is 14.3. The number of phosphoric acid groups is 1. The van der Waals surface area contributed by atoms with E-state index in [-0.39, 0.29) is 25.5 Å². The fourth-order valence-corrected chi connectivity index (χ4v) is 4.35. The van der Waals surface area contributed by atoms with E-state index in [9.17, 15) is 9.36 Å². The predicted octanol–water partition coefficient (Wildman–Crippen LogP) is 5.86. The van der Waals surface area contributed by atoms with E-state index in [1.807, 2.05) is 36.4 Å². The van der Waals surface area contributed by atoms with Crippen molar-refractivity contribution >= 4 is 19.4 Å². The molecule has 9 heteroatoms. The van der Waals surface area contributed by atoms with Gasteiger partial charge in [-0.1, -0.05) is 76.1 Å². The molecule has 0 heterocycles. The Balaban J connectivity index is 1.81. The molecule has 0 bridgehead atoms. The van der Waals surface area contributed by atoms with E-state index in [0.29, 0.717) is 25.3 Å². The van der Waals surface area contributed by atoms with E-state index < -0.39 is 7.82 Å². The molecule has 0 spiro atoms. The number of nitrogens with two attached hydrogens (primary N) is 1. The highest BCUT2D eigenvalue weighted by Gasteiger charge is 2.18. The quantitative estimate of drug-likeness (QED) is 0.117. The van der Waals surface area contributed by atoms with Gasteiger partial charge in [-0.25, -0.2) is 4.57 Å². The van der Waals surface area contributed by atoms with Crippen LogP contribution >= 0.6 is 7.82 Å². The molecule has 0 saturated carbocycles. The molecule has 2 aromatic carbocycles. The lowest BCUT2D eigenvalue weighted by Gasteiger charge is -2.23. The normalized spacial score (nSPS) is 11.4. The smallest absolute Gasteiger partial charge is 0.469 e. The zero-order chi connectivity index (χ0) is 26.9. The van der Waals surface area contributed by atoms with Crippen molar-refractivity contribution in [2.45, 2.75) is 77.7 Å². The molecular formula is C28H43N2O6P. The summed E-state index contributed by atoms with van der Waals surface area (Å²) in [5.74, 6) is 0.679. The first-order chi connectivity index (χ1) is 17.8. The van der Waals surface area contributed by atoms with Crippen LogP contribution in [0.25, 0.3) is 0 Å². The molecule has 0 aromatic heterocycles. The highest BCUT2D eigenvalue weighted by atomic mass is 31.2. The van der Waals surface area contributed by atoms with E-state index in [1.54, 1.807) is 17.0 Å². The molecule has 0 aliphatic rings. The first-order valence-corrected chi connectivity index (χ1v) is 14.8. The van der Waals surface area contributed by atoms with Crippen LogP contribution in [0.4, 0.5) is 5.69 Å². The summed E-state index contributed by atoms with van der Waals surface area (Å²) in [6.07, 6.45) is 10.8. The molecule has 0 aliphatic heterocycles. The Morgan fingerprint density at radius 1 is 0.919 bits per heavy atom. The van der Waals surface area contributed by atoms with E-state index >= 15 is 0 Å². The first-order valence-electron chi connectivity index (χ1n) is 13.3. The van der Waals surface area contributed by atoms with Crippen molar-refractivity contribution in [1.29, 1.82) is 0 Å². The molecule has 8 nitrogen and oxygen atoms in total. The van der Waals surface area contributed by atoms with E-state index in [1.165, 1.54) is 44.9 Å². The summed E-state index contributed by atoms with van der Waals surface area (Å²) in [6.45, 7) is 3.03. The zero-order valence-corrected chi connectivity index (χ0v) is 22.9. The minimum atomic E-state index is -4.60. The first kappa shape index (κ1) is 30.8. The van der Waals surface area contributed by atoms with Crippen LogP contribution in [-0.2, 0) is 26.8 Å². The number of unbranched alkanes of at least 4 members (excludes halogenated alkanes) is 7. The van der Waals surface area contributed by atoms with Gasteiger partial charge in [-0.3, -0.25) is 9.32 Å². The number of rotatable bonds is 19. The molecule has 2 aromatic rings. The number of carbonyl (C=O) groups is 1. The van der Waals surface area contributed by atoms with Gasteiger partial charge in [0, 0.05) is 25.2 Å². The average Bonchev–Trinajstić information content (AvgIpc) is 2.86. The predicted molar refractivity (Wildman–Crippen MR) is 147 cm³/mol. The summed E-state index contributed by atoms with van der Waals surface area (Å²) >= 11 is 0. The van der Waals surface area contributed by atoms with Gasteiger partial charge in [0.15, 0.2) is 0 Å². The number of anilines is 1. The summed E-state index contributed by atoms with van der Waals surface area (Å²) < 4.78 is 21.5. The third-order valence-electron chi connectivity index (χ3n) is 6.12. The average molecular weight is 535 g/mol. The van der Waals surface area contributed by atoms with Crippen molar-refractivity contribution < 1.29 is 28.4 Å². The van der Waals surface area contributed by atoms with Gasteiger partial charge in [0.1, 0.15) is 5.75 Å². The summed E-state index contributed by atoms with van der Waals surface area (Å²) in [5, 5.41) is 0. The number of benzene rings is 2. The number of ether oxygens (including phenoxy) is 1. The third kappa shape index (κ3) is 14.2. The van der Waals surface area contributed by atoms with Crippen molar-refractivity contribution in [3.05, 3.63) is 59.7 Å². The monoisotopic (exact) mass is 534 g/mol. The number of hydrogen-bond acceptors (Lipinski definition) is 5. The van der Waals surface area contributed by atoms with Gasteiger partial charge in [-0.2, -0.15) is 0 Å². The van der Waals surface area contributed by atoms with Gasteiger partial charge < -0.3 is 25.2 Å². The van der Waals surface area contributed by atoms with Crippen LogP contribution in [0.15, 0.2) is 48.5 Å². The molecule has 1 amide bonds. The van der Waals surface area contributed by atoms with Gasteiger partial charge >= 0.3 is 7.82 Å². The summed E-state index contributed by atoms with van der Waals surface area (Å²) in [4.78, 5) is 32.5. The molecule has 4 N–H and O–H groups in total. The Morgan fingerprint density at radius 2 is 1.59 bits per heavy atom. The second-order valence-corrected chi connectivity index (χ2v) is 10.6. The molecule has 2 rings (SSSR count). The van der Waals surface area contributed by atoms with Gasteiger partial charge in [0.2, 0.25) is 5.91 Å². The summed E-state index contributed by atoms with van der Waals surface area (Å²) in [5.41, 5.74) is 8.24. The SMILES string of the molecule is CCCCCCCCCCOc1cccc(CCC(=O)N(CCOP(=O)(O)O)Cc2ccc(N)cc2)c1. The van der Waals surface area contributed by atoms with Gasteiger partial charge in [-0.05, 0) is 48.2 Å². The second kappa shape index (κ2) is 17.2. The Hall–Kier alpha value is -2.38. The fraction of sp³-hybridized carbons (Fsp3) is 0.536. The molecule has 0 fully saturated rings. The van der Waals surface area contributed by atoms with Crippen molar-refractivity contribution in [3.63, 3.8) is 0 Å². The zero-order valence-electron chi connectivity index (χ0n) is 22.0. The lowest BCUT2D eigenvalue weighted by molar-refractivity contribution is -0.132. The molecule has 206 valence electrons. The molecule has 0 saturated heterocycles. The van der Waals surface area contributed by atoms with Crippen molar-refractivity contribution in [1.82, 2.24) is 4.90 Å². The summed E-state index contributed by atoms with van der Waals surface area (Å²) in [7, 11) is -4.60. The van der Waals surface area contributed by atoms with Gasteiger partial charge in [0.25, 0.3) is 0 Å². The van der Waals surface area contributed by atoms with Gasteiger partial charge in [0.05, 0.1) is 13.2 Å². The topological polar surface area (TPSA) is 122 Å². The lowest BCUT2D eigenvalue weighted by Crippen LogP contribution is -2.33. The minimum absolute atomic E-state index is 0.0656. The number of aryl methyl sites for hydroxylation is 1. The third-order valence-corrected chi connectivity index (χ3v) is 6.64. The number of carbonyl (C=O) groups excluding carboxylic acids is 1. The lowest BCUT2D eigenvalue weighted by atomic mass is 10.1. The van der Waals surface area contributed by atoms with Crippen LogP contribution in [0, 0.1) is 0 Å². The number of nitrogen functional groups attached to an aromatic ring is 1. The Bertz CT molecular complexity index is 963. The maximum Gasteiger partial charge on any atom is 0.469 e. The van der Waals surface area contributed by atoms with Crippen molar-refractivity contribution in [2.75, 3.05) is 25.5 Å². The second-order valence-electron chi connectivity index (χ2n) is 9.35. The minimum Gasteiger partial charge on any atom is -0.494 e. The largest absolute Gasteiger partial charge is 0.494 e. The van der Waals surface area contributed by atoms with Crippen LogP contribution < -0.4 is 10.5 Å². The van der Waals surface area contributed by atoms with Crippen LogP contribution in [0.5, 0.6) is 5.75 Å². The summed E-state index contributed by atoms with van der Waals surface area (Å²) in [6, 6.07) is 15.0. The fourth-order valence-electron chi connectivity index (χ4n) is 4.03. The maximum atomic E-state index is 13.0. The molecule has 0 unspecified atom stereocenters.